The highest BCUT2D eigenvalue weighted by molar-refractivity contribution is 6.35. The van der Waals surface area contributed by atoms with Crippen molar-refractivity contribution in [1.82, 2.24) is 9.55 Å². The molecule has 19 heavy (non-hydrogen) atoms. The molecule has 0 radical (unpaired) electrons. The summed E-state index contributed by atoms with van der Waals surface area (Å²) < 4.78 is 2.17. The Morgan fingerprint density at radius 2 is 1.95 bits per heavy atom. The molecule has 2 aliphatic rings. The molecule has 2 fully saturated rings. The molecule has 0 unspecified atom stereocenters. The first-order chi connectivity index (χ1) is 9.24. The van der Waals surface area contributed by atoms with Crippen molar-refractivity contribution in [2.75, 3.05) is 5.73 Å². The van der Waals surface area contributed by atoms with E-state index < -0.39 is 0 Å². The van der Waals surface area contributed by atoms with Gasteiger partial charge in [-0.05, 0) is 55.6 Å². The van der Waals surface area contributed by atoms with Gasteiger partial charge >= 0.3 is 0 Å². The molecular formula is C15H18ClN3. The van der Waals surface area contributed by atoms with Gasteiger partial charge in [0.1, 0.15) is 5.52 Å². The number of nitrogen functional groups attached to an aromatic ring is 1. The number of rotatable bonds is 4. The normalized spacial score (nSPS) is 19.5. The smallest absolute Gasteiger partial charge is 0.201 e. The van der Waals surface area contributed by atoms with Crippen LogP contribution in [0.1, 0.15) is 25.7 Å². The summed E-state index contributed by atoms with van der Waals surface area (Å²) in [4.78, 5) is 4.43. The van der Waals surface area contributed by atoms with Gasteiger partial charge in [0, 0.05) is 6.54 Å². The number of nitrogens with two attached hydrogens (primary N) is 1. The van der Waals surface area contributed by atoms with E-state index in [0.29, 0.717) is 11.0 Å². The average molecular weight is 276 g/mol. The molecule has 0 aliphatic heterocycles. The maximum atomic E-state index is 6.20. The molecule has 100 valence electrons. The van der Waals surface area contributed by atoms with Gasteiger partial charge < -0.3 is 10.3 Å². The molecule has 1 aromatic carbocycles. The van der Waals surface area contributed by atoms with Crippen LogP contribution in [-0.2, 0) is 6.54 Å². The zero-order valence-corrected chi connectivity index (χ0v) is 11.6. The van der Waals surface area contributed by atoms with Crippen LogP contribution in [-0.4, -0.2) is 9.55 Å². The first-order valence-electron chi connectivity index (χ1n) is 7.14. The molecule has 0 atom stereocenters. The molecule has 1 aromatic heterocycles. The fourth-order valence-corrected chi connectivity index (χ4v) is 3.48. The maximum Gasteiger partial charge on any atom is 0.201 e. The lowest BCUT2D eigenvalue weighted by molar-refractivity contribution is 0.355. The number of aromatic nitrogens is 2. The Labute approximate surface area is 117 Å². The number of nitrogens with zero attached hydrogens (tertiary/aromatic N) is 2. The number of imidazole rings is 1. The first kappa shape index (κ1) is 11.6. The van der Waals surface area contributed by atoms with Crippen molar-refractivity contribution < 1.29 is 0 Å². The van der Waals surface area contributed by atoms with Crippen LogP contribution in [0.4, 0.5) is 5.95 Å². The molecule has 1 heterocycles. The molecular weight excluding hydrogens is 258 g/mol. The van der Waals surface area contributed by atoms with E-state index in [1.807, 2.05) is 12.1 Å². The van der Waals surface area contributed by atoms with Gasteiger partial charge in [-0.1, -0.05) is 17.7 Å². The Hall–Kier alpha value is -1.22. The summed E-state index contributed by atoms with van der Waals surface area (Å²) in [5.74, 6) is 3.24. The fourth-order valence-electron chi connectivity index (χ4n) is 3.27. The van der Waals surface area contributed by atoms with Crippen molar-refractivity contribution in [3.8, 4) is 0 Å². The highest BCUT2D eigenvalue weighted by Gasteiger charge is 2.41. The second-order valence-electron chi connectivity index (χ2n) is 6.03. The lowest BCUT2D eigenvalue weighted by atomic mass is 9.98. The van der Waals surface area contributed by atoms with Crippen LogP contribution < -0.4 is 5.73 Å². The van der Waals surface area contributed by atoms with E-state index in [0.717, 1.165) is 35.3 Å². The summed E-state index contributed by atoms with van der Waals surface area (Å²) >= 11 is 6.20. The number of fused-ring (bicyclic) bond motifs is 1. The summed E-state index contributed by atoms with van der Waals surface area (Å²) in [6.45, 7) is 1.01. The summed E-state index contributed by atoms with van der Waals surface area (Å²) in [6, 6.07) is 5.92. The van der Waals surface area contributed by atoms with Crippen LogP contribution in [0.5, 0.6) is 0 Å². The third-order valence-electron chi connectivity index (χ3n) is 4.61. The van der Waals surface area contributed by atoms with Crippen molar-refractivity contribution in [3.63, 3.8) is 0 Å². The van der Waals surface area contributed by atoms with Crippen LogP contribution in [0.2, 0.25) is 5.02 Å². The van der Waals surface area contributed by atoms with Gasteiger partial charge in [-0.25, -0.2) is 4.98 Å². The average Bonchev–Trinajstić information content (AvgIpc) is 3.26. The molecule has 2 aliphatic carbocycles. The van der Waals surface area contributed by atoms with Gasteiger partial charge in [0.25, 0.3) is 0 Å². The third kappa shape index (κ3) is 2.00. The van der Waals surface area contributed by atoms with Crippen LogP contribution in [0, 0.1) is 17.8 Å². The summed E-state index contributed by atoms with van der Waals surface area (Å²) in [6.07, 6.45) is 5.59. The number of halogens is 1. The van der Waals surface area contributed by atoms with Gasteiger partial charge in [0.2, 0.25) is 5.95 Å². The predicted molar refractivity (Wildman–Crippen MR) is 78.1 cm³/mol. The highest BCUT2D eigenvalue weighted by atomic mass is 35.5. The minimum Gasteiger partial charge on any atom is -0.369 e. The van der Waals surface area contributed by atoms with Crippen molar-refractivity contribution in [1.29, 1.82) is 0 Å². The van der Waals surface area contributed by atoms with Crippen LogP contribution in [0.25, 0.3) is 11.0 Å². The highest BCUT2D eigenvalue weighted by Crippen LogP contribution is 2.50. The lowest BCUT2D eigenvalue weighted by Gasteiger charge is -2.17. The number of para-hydroxylation sites is 1. The molecule has 0 saturated heterocycles. The van der Waals surface area contributed by atoms with Crippen molar-refractivity contribution in [3.05, 3.63) is 23.2 Å². The van der Waals surface area contributed by atoms with E-state index in [-0.39, 0.29) is 0 Å². The first-order valence-corrected chi connectivity index (χ1v) is 7.52. The molecule has 0 amide bonds. The zero-order chi connectivity index (χ0) is 13.0. The monoisotopic (exact) mass is 275 g/mol. The topological polar surface area (TPSA) is 43.8 Å². The summed E-state index contributed by atoms with van der Waals surface area (Å²) in [7, 11) is 0. The molecule has 0 spiro atoms. The second kappa shape index (κ2) is 4.14. The predicted octanol–water partition coefficient (Wildman–Crippen LogP) is 3.71. The molecule has 0 bridgehead atoms. The minimum absolute atomic E-state index is 0.606. The molecule has 2 saturated carbocycles. The number of hydrogen-bond acceptors (Lipinski definition) is 2. The van der Waals surface area contributed by atoms with Crippen LogP contribution in [0.15, 0.2) is 18.2 Å². The van der Waals surface area contributed by atoms with E-state index >= 15 is 0 Å². The Bertz CT molecular complexity index is 614. The summed E-state index contributed by atoms with van der Waals surface area (Å²) in [5, 5.41) is 0.692. The minimum atomic E-state index is 0.606. The van der Waals surface area contributed by atoms with Gasteiger partial charge in [-0.15, -0.1) is 0 Å². The molecule has 3 nitrogen and oxygen atoms in total. The Kier molecular flexibility index (Phi) is 2.52. The van der Waals surface area contributed by atoms with E-state index in [1.165, 1.54) is 25.7 Å². The van der Waals surface area contributed by atoms with Crippen molar-refractivity contribution >= 4 is 28.6 Å². The van der Waals surface area contributed by atoms with Gasteiger partial charge in [-0.2, -0.15) is 0 Å². The number of anilines is 1. The Morgan fingerprint density at radius 1 is 1.26 bits per heavy atom. The third-order valence-corrected chi connectivity index (χ3v) is 4.91. The van der Waals surface area contributed by atoms with Gasteiger partial charge in [0.15, 0.2) is 0 Å². The Morgan fingerprint density at radius 3 is 2.58 bits per heavy atom. The number of hydrogen-bond donors (Lipinski definition) is 1. The van der Waals surface area contributed by atoms with E-state index in [1.54, 1.807) is 0 Å². The van der Waals surface area contributed by atoms with Crippen molar-refractivity contribution in [2.45, 2.75) is 32.2 Å². The SMILES string of the molecule is Nc1nc2c(Cl)cccc2n1CC(C1CC1)C1CC1. The van der Waals surface area contributed by atoms with Crippen LogP contribution in [0.3, 0.4) is 0 Å². The standard InChI is InChI=1S/C15H18ClN3/c16-12-2-1-3-13-14(12)18-15(17)19(13)8-11(9-4-5-9)10-6-7-10/h1-3,9-11H,4-8H2,(H2,17,18). The largest absolute Gasteiger partial charge is 0.369 e. The van der Waals surface area contributed by atoms with Crippen molar-refractivity contribution in [2.24, 2.45) is 17.8 Å². The second-order valence-corrected chi connectivity index (χ2v) is 6.43. The van der Waals surface area contributed by atoms with Crippen LogP contribution >= 0.6 is 11.6 Å². The molecule has 2 aromatic rings. The fraction of sp³-hybridized carbons (Fsp3) is 0.533. The molecule has 2 N–H and O–H groups in total. The van der Waals surface area contributed by atoms with E-state index in [9.17, 15) is 0 Å². The molecule has 4 heteroatoms. The molecule has 4 rings (SSSR count). The quantitative estimate of drug-likeness (QED) is 0.924. The van der Waals surface area contributed by atoms with E-state index in [2.05, 4.69) is 15.6 Å². The Balaban J connectivity index is 1.73. The zero-order valence-electron chi connectivity index (χ0n) is 10.8. The summed E-state index contributed by atoms with van der Waals surface area (Å²) in [5.41, 5.74) is 8.02. The van der Waals surface area contributed by atoms with Gasteiger partial charge in [-0.3, -0.25) is 0 Å². The lowest BCUT2D eigenvalue weighted by Crippen LogP contribution is -2.16. The maximum absolute atomic E-state index is 6.20. The van der Waals surface area contributed by atoms with E-state index in [4.69, 9.17) is 17.3 Å². The number of benzene rings is 1. The van der Waals surface area contributed by atoms with Gasteiger partial charge in [0.05, 0.1) is 10.5 Å².